The first kappa shape index (κ1) is 16.1. The molecule has 2 rings (SSSR count). The first-order valence-corrected chi connectivity index (χ1v) is 8.40. The van der Waals surface area contributed by atoms with Gasteiger partial charge in [-0.25, -0.2) is 0 Å². The summed E-state index contributed by atoms with van der Waals surface area (Å²) in [6, 6.07) is 6.42. The van der Waals surface area contributed by atoms with Gasteiger partial charge in [0.15, 0.2) is 0 Å². The Hall–Kier alpha value is -1.28. The standard InChI is InChI=1S/C19H29NO/c1-4-7-15(8-5-2)14(3)20-19-10-6-9-16-11-12-17(21)13-18(16)19/h6,9-10,15,17,20-21H,3-5,7-8,11-13H2,1-2H3/t17-/m1/s1. The zero-order valence-electron chi connectivity index (χ0n) is 13.5. The molecular formula is C19H29NO. The van der Waals surface area contributed by atoms with Gasteiger partial charge in [0.05, 0.1) is 6.10 Å². The molecule has 0 radical (unpaired) electrons. The van der Waals surface area contributed by atoms with Crippen LogP contribution in [0.15, 0.2) is 30.5 Å². The van der Waals surface area contributed by atoms with Gasteiger partial charge in [0.25, 0.3) is 0 Å². The normalized spacial score (nSPS) is 17.6. The van der Waals surface area contributed by atoms with Crippen molar-refractivity contribution in [2.75, 3.05) is 5.32 Å². The van der Waals surface area contributed by atoms with E-state index in [2.05, 4.69) is 43.9 Å². The quantitative estimate of drug-likeness (QED) is 0.763. The highest BCUT2D eigenvalue weighted by Crippen LogP contribution is 2.31. The summed E-state index contributed by atoms with van der Waals surface area (Å²) >= 11 is 0. The number of allylic oxidation sites excluding steroid dienone is 1. The van der Waals surface area contributed by atoms with E-state index in [1.807, 2.05) is 0 Å². The van der Waals surface area contributed by atoms with Crippen molar-refractivity contribution >= 4 is 5.69 Å². The number of hydrogen-bond donors (Lipinski definition) is 2. The predicted octanol–water partition coefficient (Wildman–Crippen LogP) is 4.68. The Morgan fingerprint density at radius 3 is 2.71 bits per heavy atom. The van der Waals surface area contributed by atoms with Crippen LogP contribution < -0.4 is 5.32 Å². The van der Waals surface area contributed by atoms with Gasteiger partial charge in [-0.3, -0.25) is 0 Å². The number of aliphatic hydroxyl groups is 1. The number of nitrogens with one attached hydrogen (secondary N) is 1. The molecule has 0 amide bonds. The maximum Gasteiger partial charge on any atom is 0.0584 e. The van der Waals surface area contributed by atoms with Gasteiger partial charge in [-0.1, -0.05) is 45.4 Å². The van der Waals surface area contributed by atoms with Crippen LogP contribution in [0.4, 0.5) is 5.69 Å². The molecule has 0 saturated carbocycles. The highest BCUT2D eigenvalue weighted by atomic mass is 16.3. The largest absolute Gasteiger partial charge is 0.393 e. The van der Waals surface area contributed by atoms with Crippen LogP contribution in [0.3, 0.4) is 0 Å². The fraction of sp³-hybridized carbons (Fsp3) is 0.579. The van der Waals surface area contributed by atoms with Gasteiger partial charge in [0.1, 0.15) is 0 Å². The molecule has 0 saturated heterocycles. The fourth-order valence-electron chi connectivity index (χ4n) is 3.35. The van der Waals surface area contributed by atoms with Crippen LogP contribution in [0.5, 0.6) is 0 Å². The minimum absolute atomic E-state index is 0.198. The van der Waals surface area contributed by atoms with E-state index in [9.17, 15) is 5.11 Å². The molecule has 1 aromatic carbocycles. The summed E-state index contributed by atoms with van der Waals surface area (Å²) in [4.78, 5) is 0. The Bertz CT molecular complexity index is 474. The van der Waals surface area contributed by atoms with Gasteiger partial charge >= 0.3 is 0 Å². The molecule has 0 aliphatic heterocycles. The topological polar surface area (TPSA) is 32.3 Å². The van der Waals surface area contributed by atoms with E-state index >= 15 is 0 Å². The predicted molar refractivity (Wildman–Crippen MR) is 90.5 cm³/mol. The maximum absolute atomic E-state index is 9.94. The van der Waals surface area contributed by atoms with Crippen LogP contribution in [0.25, 0.3) is 0 Å². The molecule has 1 aliphatic rings. The van der Waals surface area contributed by atoms with Crippen LogP contribution in [0, 0.1) is 5.92 Å². The Morgan fingerprint density at radius 2 is 2.05 bits per heavy atom. The second kappa shape index (κ2) is 7.65. The van der Waals surface area contributed by atoms with E-state index in [1.165, 1.54) is 36.8 Å². The van der Waals surface area contributed by atoms with Crippen molar-refractivity contribution in [2.24, 2.45) is 5.92 Å². The lowest BCUT2D eigenvalue weighted by atomic mass is 9.88. The number of rotatable bonds is 7. The van der Waals surface area contributed by atoms with Crippen molar-refractivity contribution in [1.29, 1.82) is 0 Å². The van der Waals surface area contributed by atoms with E-state index in [-0.39, 0.29) is 6.10 Å². The smallest absolute Gasteiger partial charge is 0.0584 e. The SMILES string of the molecule is C=C(Nc1cccc2c1C[C@H](O)CC2)C(CCC)CCC. The molecule has 2 N–H and O–H groups in total. The van der Waals surface area contributed by atoms with Gasteiger partial charge < -0.3 is 10.4 Å². The highest BCUT2D eigenvalue weighted by Gasteiger charge is 2.20. The lowest BCUT2D eigenvalue weighted by molar-refractivity contribution is 0.159. The highest BCUT2D eigenvalue weighted by molar-refractivity contribution is 5.58. The summed E-state index contributed by atoms with van der Waals surface area (Å²) in [5.74, 6) is 0.546. The average Bonchev–Trinajstić information content (AvgIpc) is 2.47. The lowest BCUT2D eigenvalue weighted by Crippen LogP contribution is -2.21. The maximum atomic E-state index is 9.94. The van der Waals surface area contributed by atoms with E-state index in [0.29, 0.717) is 5.92 Å². The number of hydrogen-bond acceptors (Lipinski definition) is 2. The van der Waals surface area contributed by atoms with Crippen molar-refractivity contribution < 1.29 is 5.11 Å². The molecule has 2 heteroatoms. The molecule has 0 spiro atoms. The molecule has 0 heterocycles. The van der Waals surface area contributed by atoms with Crippen molar-refractivity contribution in [3.63, 3.8) is 0 Å². The number of benzene rings is 1. The van der Waals surface area contributed by atoms with Crippen LogP contribution in [-0.4, -0.2) is 11.2 Å². The molecule has 1 aromatic rings. The van der Waals surface area contributed by atoms with Crippen LogP contribution in [0.1, 0.15) is 57.1 Å². The van der Waals surface area contributed by atoms with Crippen LogP contribution in [0.2, 0.25) is 0 Å². The van der Waals surface area contributed by atoms with Crippen molar-refractivity contribution in [1.82, 2.24) is 0 Å². The van der Waals surface area contributed by atoms with Gasteiger partial charge in [-0.05, 0) is 48.8 Å². The fourth-order valence-corrected chi connectivity index (χ4v) is 3.35. The number of aryl methyl sites for hydroxylation is 1. The molecule has 1 atom stereocenters. The second-order valence-electron chi connectivity index (χ2n) is 6.26. The molecule has 0 fully saturated rings. The third-order valence-corrected chi connectivity index (χ3v) is 4.52. The second-order valence-corrected chi connectivity index (χ2v) is 6.26. The zero-order chi connectivity index (χ0) is 15.2. The zero-order valence-corrected chi connectivity index (χ0v) is 13.5. The van der Waals surface area contributed by atoms with E-state index < -0.39 is 0 Å². The third-order valence-electron chi connectivity index (χ3n) is 4.52. The molecule has 0 bridgehead atoms. The molecule has 0 unspecified atom stereocenters. The first-order chi connectivity index (χ1) is 10.2. The summed E-state index contributed by atoms with van der Waals surface area (Å²) in [6.45, 7) is 8.75. The summed E-state index contributed by atoms with van der Waals surface area (Å²) < 4.78 is 0. The minimum atomic E-state index is -0.198. The molecule has 116 valence electrons. The molecule has 2 nitrogen and oxygen atoms in total. The van der Waals surface area contributed by atoms with Gasteiger partial charge in [0, 0.05) is 17.8 Å². The van der Waals surface area contributed by atoms with Crippen LogP contribution >= 0.6 is 0 Å². The minimum Gasteiger partial charge on any atom is -0.393 e. The number of anilines is 1. The molecular weight excluding hydrogens is 258 g/mol. The Morgan fingerprint density at radius 1 is 1.33 bits per heavy atom. The Kier molecular flexibility index (Phi) is 5.86. The van der Waals surface area contributed by atoms with E-state index in [1.54, 1.807) is 0 Å². The van der Waals surface area contributed by atoms with Crippen LogP contribution in [-0.2, 0) is 12.8 Å². The first-order valence-electron chi connectivity index (χ1n) is 8.40. The summed E-state index contributed by atoms with van der Waals surface area (Å²) in [5.41, 5.74) is 4.94. The van der Waals surface area contributed by atoms with Gasteiger partial charge in [0.2, 0.25) is 0 Å². The molecule has 21 heavy (non-hydrogen) atoms. The third kappa shape index (κ3) is 4.10. The number of aliphatic hydroxyl groups excluding tert-OH is 1. The summed E-state index contributed by atoms with van der Waals surface area (Å²) in [6.07, 6.45) is 7.19. The average molecular weight is 287 g/mol. The van der Waals surface area contributed by atoms with Gasteiger partial charge in [-0.2, -0.15) is 0 Å². The Balaban J connectivity index is 2.13. The Labute approximate surface area is 129 Å². The summed E-state index contributed by atoms with van der Waals surface area (Å²) in [5, 5.41) is 13.5. The monoisotopic (exact) mass is 287 g/mol. The van der Waals surface area contributed by atoms with E-state index in [4.69, 9.17) is 0 Å². The molecule has 0 aromatic heterocycles. The van der Waals surface area contributed by atoms with Crippen molar-refractivity contribution in [3.05, 3.63) is 41.6 Å². The van der Waals surface area contributed by atoms with Gasteiger partial charge in [-0.15, -0.1) is 0 Å². The van der Waals surface area contributed by atoms with E-state index in [0.717, 1.165) is 30.6 Å². The lowest BCUT2D eigenvalue weighted by Gasteiger charge is -2.26. The molecule has 1 aliphatic carbocycles. The van der Waals surface area contributed by atoms with Crippen molar-refractivity contribution in [2.45, 2.75) is 64.9 Å². The number of fused-ring (bicyclic) bond motifs is 1. The van der Waals surface area contributed by atoms with Crippen molar-refractivity contribution in [3.8, 4) is 0 Å². The summed E-state index contributed by atoms with van der Waals surface area (Å²) in [7, 11) is 0.